The summed E-state index contributed by atoms with van der Waals surface area (Å²) >= 11 is 0. The molecule has 0 aromatic heterocycles. The Morgan fingerprint density at radius 3 is 2.27 bits per heavy atom. The molecule has 0 aromatic carbocycles. The molecule has 1 saturated heterocycles. The lowest BCUT2D eigenvalue weighted by atomic mass is 10.1. The van der Waals surface area contributed by atoms with Crippen LogP contribution < -0.4 is 5.32 Å². The number of imide groups is 1. The average molecular weight is 210 g/mol. The molecule has 4 heteroatoms. The summed E-state index contributed by atoms with van der Waals surface area (Å²) < 4.78 is 0. The Balaban J connectivity index is 1.96. The molecule has 2 aliphatic rings. The van der Waals surface area contributed by atoms with Gasteiger partial charge in [-0.15, -0.1) is 0 Å². The number of nitrogens with zero attached hydrogens (tertiary/aromatic N) is 1. The van der Waals surface area contributed by atoms with Gasteiger partial charge in [-0.05, 0) is 25.4 Å². The van der Waals surface area contributed by atoms with Crippen molar-refractivity contribution in [3.63, 3.8) is 0 Å². The predicted octanol–water partition coefficient (Wildman–Crippen LogP) is 0.237. The number of hydrogen-bond donors (Lipinski definition) is 1. The van der Waals surface area contributed by atoms with Gasteiger partial charge in [-0.25, -0.2) is 0 Å². The maximum Gasteiger partial charge on any atom is 0.233 e. The molecule has 4 nitrogen and oxygen atoms in total. The second-order valence-corrected chi connectivity index (χ2v) is 5.06. The molecule has 1 heterocycles. The smallest absolute Gasteiger partial charge is 0.233 e. The Hall–Kier alpha value is -0.900. The number of amides is 2. The van der Waals surface area contributed by atoms with Crippen molar-refractivity contribution in [2.45, 2.75) is 20.3 Å². The summed E-state index contributed by atoms with van der Waals surface area (Å²) in [5.74, 6) is 0.0383. The minimum atomic E-state index is -0.0757. The van der Waals surface area contributed by atoms with Crippen LogP contribution in [-0.2, 0) is 9.59 Å². The molecule has 2 unspecified atom stereocenters. The van der Waals surface area contributed by atoms with Crippen molar-refractivity contribution in [1.29, 1.82) is 0 Å². The number of carbonyl (C=O) groups is 2. The van der Waals surface area contributed by atoms with Crippen LogP contribution >= 0.6 is 0 Å². The molecule has 84 valence electrons. The van der Waals surface area contributed by atoms with Crippen molar-refractivity contribution < 1.29 is 9.59 Å². The Morgan fingerprint density at radius 2 is 1.80 bits per heavy atom. The van der Waals surface area contributed by atoms with E-state index in [1.54, 1.807) is 0 Å². The number of carbonyl (C=O) groups excluding carboxylic acids is 2. The highest BCUT2D eigenvalue weighted by atomic mass is 16.2. The van der Waals surface area contributed by atoms with Crippen LogP contribution in [0.2, 0.25) is 0 Å². The molecular formula is C11H18N2O2. The molecule has 15 heavy (non-hydrogen) atoms. The van der Waals surface area contributed by atoms with E-state index in [9.17, 15) is 9.59 Å². The van der Waals surface area contributed by atoms with Gasteiger partial charge in [0, 0.05) is 6.54 Å². The van der Waals surface area contributed by atoms with E-state index < -0.39 is 0 Å². The lowest BCUT2D eigenvalue weighted by molar-refractivity contribution is -0.143. The monoisotopic (exact) mass is 210 g/mol. The quantitative estimate of drug-likeness (QED) is 0.534. The summed E-state index contributed by atoms with van der Waals surface area (Å²) in [6, 6.07) is 0. The minimum Gasteiger partial charge on any atom is -0.320 e. The highest BCUT2D eigenvalue weighted by molar-refractivity contribution is 6.10. The fraction of sp³-hybridized carbons (Fsp3) is 0.818. The van der Waals surface area contributed by atoms with Gasteiger partial charge in [0.2, 0.25) is 11.8 Å². The highest BCUT2D eigenvalue weighted by Crippen LogP contribution is 2.63. The summed E-state index contributed by atoms with van der Waals surface area (Å²) in [5.41, 5.74) is -0.0757. The maximum atomic E-state index is 11.9. The normalized spacial score (nSPS) is 32.1. The molecule has 1 aliphatic heterocycles. The molecule has 2 fully saturated rings. The second kappa shape index (κ2) is 3.30. The van der Waals surface area contributed by atoms with E-state index in [1.807, 2.05) is 20.9 Å². The van der Waals surface area contributed by atoms with Crippen LogP contribution in [0.3, 0.4) is 0 Å². The zero-order valence-corrected chi connectivity index (χ0v) is 9.54. The van der Waals surface area contributed by atoms with Crippen LogP contribution in [0.5, 0.6) is 0 Å². The Kier molecular flexibility index (Phi) is 2.34. The Bertz CT molecular complexity index is 288. The van der Waals surface area contributed by atoms with E-state index in [0.29, 0.717) is 6.54 Å². The largest absolute Gasteiger partial charge is 0.320 e. The van der Waals surface area contributed by atoms with Crippen molar-refractivity contribution in [2.75, 3.05) is 20.1 Å². The van der Waals surface area contributed by atoms with Gasteiger partial charge in [0.1, 0.15) is 0 Å². The topological polar surface area (TPSA) is 49.4 Å². The van der Waals surface area contributed by atoms with Crippen LogP contribution in [0.4, 0.5) is 0 Å². The number of piperidine rings is 1. The van der Waals surface area contributed by atoms with Crippen LogP contribution in [0.15, 0.2) is 0 Å². The first-order valence-electron chi connectivity index (χ1n) is 5.51. The first-order chi connectivity index (χ1) is 7.01. The lowest BCUT2D eigenvalue weighted by Crippen LogP contribution is -2.37. The molecule has 0 aromatic rings. The van der Waals surface area contributed by atoms with Crippen LogP contribution in [0, 0.1) is 17.3 Å². The fourth-order valence-corrected chi connectivity index (χ4v) is 2.64. The van der Waals surface area contributed by atoms with E-state index in [2.05, 4.69) is 5.32 Å². The summed E-state index contributed by atoms with van der Waals surface area (Å²) in [5, 5.41) is 3.01. The first kappa shape index (κ1) is 10.6. The Morgan fingerprint density at radius 1 is 1.27 bits per heavy atom. The maximum absolute atomic E-state index is 11.9. The third-order valence-corrected chi connectivity index (χ3v) is 3.70. The molecule has 1 saturated carbocycles. The van der Waals surface area contributed by atoms with E-state index in [1.165, 1.54) is 4.90 Å². The minimum absolute atomic E-state index is 0.0282. The predicted molar refractivity (Wildman–Crippen MR) is 56.0 cm³/mol. The van der Waals surface area contributed by atoms with Crippen molar-refractivity contribution >= 4 is 11.8 Å². The van der Waals surface area contributed by atoms with Crippen molar-refractivity contribution in [1.82, 2.24) is 10.2 Å². The van der Waals surface area contributed by atoms with Gasteiger partial charge in [0.05, 0.1) is 11.8 Å². The lowest BCUT2D eigenvalue weighted by Gasteiger charge is -2.20. The second-order valence-electron chi connectivity index (χ2n) is 5.06. The number of likely N-dealkylation sites (tertiary alicyclic amines) is 1. The van der Waals surface area contributed by atoms with Gasteiger partial charge in [-0.2, -0.15) is 0 Å². The number of hydrogen-bond acceptors (Lipinski definition) is 3. The average Bonchev–Trinajstić information content (AvgIpc) is 2.63. The number of rotatable bonds is 4. The van der Waals surface area contributed by atoms with Gasteiger partial charge >= 0.3 is 0 Å². The molecule has 0 spiro atoms. The fourth-order valence-electron chi connectivity index (χ4n) is 2.64. The molecule has 0 radical (unpaired) electrons. The van der Waals surface area contributed by atoms with Crippen molar-refractivity contribution in [3.05, 3.63) is 0 Å². The molecule has 2 atom stereocenters. The van der Waals surface area contributed by atoms with Gasteiger partial charge in [-0.1, -0.05) is 13.8 Å². The number of fused-ring (bicyclic) bond motifs is 1. The zero-order valence-electron chi connectivity index (χ0n) is 9.54. The van der Waals surface area contributed by atoms with E-state index >= 15 is 0 Å². The van der Waals surface area contributed by atoms with Crippen LogP contribution in [0.25, 0.3) is 0 Å². The van der Waals surface area contributed by atoms with Crippen LogP contribution in [-0.4, -0.2) is 36.9 Å². The molecular weight excluding hydrogens is 192 g/mol. The molecule has 2 rings (SSSR count). The van der Waals surface area contributed by atoms with Crippen molar-refractivity contribution in [2.24, 2.45) is 17.3 Å². The summed E-state index contributed by atoms with van der Waals surface area (Å²) in [6.45, 7) is 5.42. The molecule has 0 bridgehead atoms. The molecule has 2 amide bonds. The summed E-state index contributed by atoms with van der Waals surface area (Å²) in [4.78, 5) is 25.1. The van der Waals surface area contributed by atoms with E-state index in [-0.39, 0.29) is 29.1 Å². The van der Waals surface area contributed by atoms with Crippen LogP contribution in [0.1, 0.15) is 20.3 Å². The van der Waals surface area contributed by atoms with Gasteiger partial charge < -0.3 is 5.32 Å². The standard InChI is InChI=1S/C11H18N2O2/c1-11(2)7-8(11)10(15)13(9(7)14)6-4-5-12-3/h7-8,12H,4-6H2,1-3H3. The molecule has 1 aliphatic carbocycles. The third kappa shape index (κ3) is 1.39. The first-order valence-corrected chi connectivity index (χ1v) is 5.51. The highest BCUT2D eigenvalue weighted by Gasteiger charge is 2.72. The van der Waals surface area contributed by atoms with Crippen molar-refractivity contribution in [3.8, 4) is 0 Å². The van der Waals surface area contributed by atoms with E-state index in [0.717, 1.165) is 13.0 Å². The third-order valence-electron chi connectivity index (χ3n) is 3.70. The van der Waals surface area contributed by atoms with E-state index in [4.69, 9.17) is 0 Å². The summed E-state index contributed by atoms with van der Waals surface area (Å²) in [6.07, 6.45) is 0.841. The van der Waals surface area contributed by atoms with Gasteiger partial charge in [0.15, 0.2) is 0 Å². The summed E-state index contributed by atoms with van der Waals surface area (Å²) in [7, 11) is 1.87. The van der Waals surface area contributed by atoms with Gasteiger partial charge in [-0.3, -0.25) is 14.5 Å². The molecule has 1 N–H and O–H groups in total. The zero-order chi connectivity index (χ0) is 11.2. The SMILES string of the molecule is CNCCCN1C(=O)C2C(C1=O)C2(C)C. The van der Waals surface area contributed by atoms with Gasteiger partial charge in [0.25, 0.3) is 0 Å². The number of nitrogens with one attached hydrogen (secondary N) is 1. The Labute approximate surface area is 90.0 Å².